The lowest BCUT2D eigenvalue weighted by molar-refractivity contribution is 0.786. The Hall–Kier alpha value is -1.46. The van der Waals surface area contributed by atoms with Crippen LogP contribution in [0.4, 0.5) is 0 Å². The van der Waals surface area contributed by atoms with Crippen LogP contribution in [-0.4, -0.2) is 17.0 Å². The number of nitrogens with zero attached hydrogens (tertiary/aromatic N) is 1. The van der Waals surface area contributed by atoms with Gasteiger partial charge in [0.25, 0.3) is 5.56 Å². The highest BCUT2D eigenvalue weighted by atomic mass is 79.9. The molecule has 0 aliphatic carbocycles. The maximum Gasteiger partial charge on any atom is 0.255 e. The number of aromatic amines is 1. The summed E-state index contributed by atoms with van der Waals surface area (Å²) in [6.07, 6.45) is 2.26. The molecule has 5 heteroatoms. The van der Waals surface area contributed by atoms with E-state index in [1.165, 1.54) is 0 Å². The molecule has 1 heterocycles. The highest BCUT2D eigenvalue weighted by Gasteiger charge is 2.03. The van der Waals surface area contributed by atoms with E-state index in [0.29, 0.717) is 24.4 Å². The predicted molar refractivity (Wildman–Crippen MR) is 74.6 cm³/mol. The van der Waals surface area contributed by atoms with Crippen molar-refractivity contribution < 1.29 is 0 Å². The molecule has 0 spiro atoms. The summed E-state index contributed by atoms with van der Waals surface area (Å²) >= 11 is 3.39. The average molecular weight is 308 g/mol. The van der Waals surface area contributed by atoms with E-state index in [1.807, 2.05) is 24.3 Å². The van der Waals surface area contributed by atoms with Crippen molar-refractivity contribution in [2.75, 3.05) is 7.05 Å². The zero-order valence-electron chi connectivity index (χ0n) is 10.0. The van der Waals surface area contributed by atoms with Crippen molar-refractivity contribution in [2.45, 2.75) is 13.0 Å². The van der Waals surface area contributed by atoms with Crippen LogP contribution in [0.2, 0.25) is 0 Å². The molecule has 0 fully saturated rings. The minimum Gasteiger partial charge on any atom is -0.315 e. The molecule has 0 saturated carbocycles. The number of halogens is 1. The second kappa shape index (κ2) is 5.93. The molecule has 0 aliphatic rings. The van der Waals surface area contributed by atoms with Gasteiger partial charge in [-0.05, 0) is 24.7 Å². The Morgan fingerprint density at radius 3 is 2.67 bits per heavy atom. The van der Waals surface area contributed by atoms with Crippen LogP contribution in [0.25, 0.3) is 0 Å². The average Bonchev–Trinajstić information content (AvgIpc) is 2.36. The van der Waals surface area contributed by atoms with E-state index < -0.39 is 0 Å². The summed E-state index contributed by atoms with van der Waals surface area (Å²) in [6.45, 7) is 0.529. The minimum absolute atomic E-state index is 0.0774. The summed E-state index contributed by atoms with van der Waals surface area (Å²) in [5, 5.41) is 2.93. The lowest BCUT2D eigenvalue weighted by Gasteiger charge is -2.03. The van der Waals surface area contributed by atoms with Crippen molar-refractivity contribution in [3.63, 3.8) is 0 Å². The number of rotatable bonds is 4. The Labute approximate surface area is 114 Å². The first-order valence-corrected chi connectivity index (χ1v) is 6.44. The SMILES string of the molecule is CNCc1cnc(Cc2ccc(Br)cc2)[nH]c1=O. The topological polar surface area (TPSA) is 57.8 Å². The molecule has 2 N–H and O–H groups in total. The number of hydrogen-bond acceptors (Lipinski definition) is 3. The first-order chi connectivity index (χ1) is 8.69. The molecule has 0 aliphatic heterocycles. The number of aromatic nitrogens is 2. The van der Waals surface area contributed by atoms with Gasteiger partial charge in [0.2, 0.25) is 0 Å². The summed E-state index contributed by atoms with van der Waals surface area (Å²) in [4.78, 5) is 18.8. The van der Waals surface area contributed by atoms with Gasteiger partial charge in [0.15, 0.2) is 0 Å². The molecule has 2 rings (SSSR count). The number of H-pyrrole nitrogens is 1. The Morgan fingerprint density at radius 1 is 1.33 bits per heavy atom. The molecule has 0 amide bonds. The van der Waals surface area contributed by atoms with Crippen LogP contribution >= 0.6 is 15.9 Å². The van der Waals surface area contributed by atoms with Gasteiger partial charge in [-0.15, -0.1) is 0 Å². The zero-order chi connectivity index (χ0) is 13.0. The Balaban J connectivity index is 2.17. The molecule has 0 atom stereocenters. The normalized spacial score (nSPS) is 10.6. The summed E-state index contributed by atoms with van der Waals surface area (Å²) < 4.78 is 1.04. The smallest absolute Gasteiger partial charge is 0.255 e. The summed E-state index contributed by atoms with van der Waals surface area (Å²) in [5.41, 5.74) is 1.69. The maximum absolute atomic E-state index is 11.7. The van der Waals surface area contributed by atoms with Crippen LogP contribution in [0, 0.1) is 0 Å². The second-order valence-electron chi connectivity index (χ2n) is 4.02. The highest BCUT2D eigenvalue weighted by Crippen LogP contribution is 2.12. The van der Waals surface area contributed by atoms with Gasteiger partial charge in [0.05, 0.1) is 0 Å². The Morgan fingerprint density at radius 2 is 2.06 bits per heavy atom. The maximum atomic E-state index is 11.7. The number of benzene rings is 1. The fourth-order valence-electron chi connectivity index (χ4n) is 1.66. The van der Waals surface area contributed by atoms with E-state index >= 15 is 0 Å². The summed E-state index contributed by atoms with van der Waals surface area (Å²) in [6, 6.07) is 7.96. The van der Waals surface area contributed by atoms with Crippen molar-refractivity contribution in [1.29, 1.82) is 0 Å². The summed E-state index contributed by atoms with van der Waals surface area (Å²) in [5.74, 6) is 0.683. The minimum atomic E-state index is -0.0774. The van der Waals surface area contributed by atoms with Gasteiger partial charge in [0, 0.05) is 29.2 Å². The van der Waals surface area contributed by atoms with Gasteiger partial charge in [-0.3, -0.25) is 4.79 Å². The quantitative estimate of drug-likeness (QED) is 0.906. The molecule has 18 heavy (non-hydrogen) atoms. The van der Waals surface area contributed by atoms with Crippen molar-refractivity contribution in [3.8, 4) is 0 Å². The largest absolute Gasteiger partial charge is 0.315 e. The monoisotopic (exact) mass is 307 g/mol. The fourth-order valence-corrected chi connectivity index (χ4v) is 1.92. The third-order valence-electron chi connectivity index (χ3n) is 2.58. The van der Waals surface area contributed by atoms with Crippen molar-refractivity contribution in [2.24, 2.45) is 0 Å². The standard InChI is InChI=1S/C13H14BrN3O/c1-15-7-10-8-16-12(17-13(10)18)6-9-2-4-11(14)5-3-9/h2-5,8,15H,6-7H2,1H3,(H,16,17,18). The van der Waals surface area contributed by atoms with E-state index in [2.05, 4.69) is 31.2 Å². The molecular weight excluding hydrogens is 294 g/mol. The van der Waals surface area contributed by atoms with E-state index in [4.69, 9.17) is 0 Å². The molecule has 0 unspecified atom stereocenters. The molecule has 0 radical (unpaired) electrons. The van der Waals surface area contributed by atoms with Gasteiger partial charge in [-0.2, -0.15) is 0 Å². The number of nitrogens with one attached hydrogen (secondary N) is 2. The first-order valence-electron chi connectivity index (χ1n) is 5.65. The molecule has 2 aromatic rings. The van der Waals surface area contributed by atoms with Crippen LogP contribution in [0.3, 0.4) is 0 Å². The van der Waals surface area contributed by atoms with Crippen LogP contribution in [0.15, 0.2) is 39.7 Å². The van der Waals surface area contributed by atoms with E-state index in [0.717, 1.165) is 10.0 Å². The highest BCUT2D eigenvalue weighted by molar-refractivity contribution is 9.10. The van der Waals surface area contributed by atoms with Gasteiger partial charge < -0.3 is 10.3 Å². The van der Waals surface area contributed by atoms with Gasteiger partial charge in [0.1, 0.15) is 5.82 Å². The van der Waals surface area contributed by atoms with Crippen LogP contribution in [0.5, 0.6) is 0 Å². The zero-order valence-corrected chi connectivity index (χ0v) is 11.6. The lowest BCUT2D eigenvalue weighted by atomic mass is 10.1. The molecule has 4 nitrogen and oxygen atoms in total. The molecule has 1 aromatic carbocycles. The molecule has 0 bridgehead atoms. The van der Waals surface area contributed by atoms with Crippen molar-refractivity contribution in [1.82, 2.24) is 15.3 Å². The third kappa shape index (κ3) is 3.27. The van der Waals surface area contributed by atoms with Crippen LogP contribution in [0.1, 0.15) is 17.0 Å². The van der Waals surface area contributed by atoms with Gasteiger partial charge in [-0.25, -0.2) is 4.98 Å². The third-order valence-corrected chi connectivity index (χ3v) is 3.11. The van der Waals surface area contributed by atoms with E-state index in [1.54, 1.807) is 13.2 Å². The van der Waals surface area contributed by atoms with Gasteiger partial charge >= 0.3 is 0 Å². The Kier molecular flexibility index (Phi) is 4.28. The number of hydrogen-bond donors (Lipinski definition) is 2. The molecule has 94 valence electrons. The first kappa shape index (κ1) is 13.0. The van der Waals surface area contributed by atoms with Crippen LogP contribution < -0.4 is 10.9 Å². The fraction of sp³-hybridized carbons (Fsp3) is 0.231. The van der Waals surface area contributed by atoms with Crippen LogP contribution in [-0.2, 0) is 13.0 Å². The van der Waals surface area contributed by atoms with Crippen molar-refractivity contribution in [3.05, 3.63) is 62.2 Å². The van der Waals surface area contributed by atoms with Gasteiger partial charge in [-0.1, -0.05) is 28.1 Å². The van der Waals surface area contributed by atoms with Crippen molar-refractivity contribution >= 4 is 15.9 Å². The van der Waals surface area contributed by atoms with E-state index in [-0.39, 0.29) is 5.56 Å². The second-order valence-corrected chi connectivity index (χ2v) is 4.93. The Bertz CT molecular complexity index is 578. The molecular formula is C13H14BrN3O. The van der Waals surface area contributed by atoms with E-state index in [9.17, 15) is 4.79 Å². The summed E-state index contributed by atoms with van der Waals surface area (Å²) in [7, 11) is 1.80. The molecule has 1 aromatic heterocycles. The molecule has 0 saturated heterocycles. The lowest BCUT2D eigenvalue weighted by Crippen LogP contribution is -2.20. The predicted octanol–water partition coefficient (Wildman–Crippen LogP) is 1.84.